The van der Waals surface area contributed by atoms with Gasteiger partial charge in [0.2, 0.25) is 5.91 Å². The minimum absolute atomic E-state index is 0.333. The van der Waals surface area contributed by atoms with Gasteiger partial charge in [0.15, 0.2) is 11.5 Å². The molecule has 0 radical (unpaired) electrons. The molecule has 0 fully saturated rings. The molecule has 3 N–H and O–H groups in total. The van der Waals surface area contributed by atoms with Crippen LogP contribution in [0.4, 0.5) is 0 Å². The highest BCUT2D eigenvalue weighted by Crippen LogP contribution is 2.38. The fourth-order valence-corrected chi connectivity index (χ4v) is 4.95. The van der Waals surface area contributed by atoms with Crippen LogP contribution < -0.4 is 30.0 Å². The predicted octanol–water partition coefficient (Wildman–Crippen LogP) is 6.52. The van der Waals surface area contributed by atoms with Crippen molar-refractivity contribution in [3.05, 3.63) is 106 Å². The number of ether oxygens (including phenoxy) is 4. The molecule has 0 saturated heterocycles. The van der Waals surface area contributed by atoms with Gasteiger partial charge in [-0.15, -0.1) is 0 Å². The summed E-state index contributed by atoms with van der Waals surface area (Å²) < 4.78 is 24.8. The van der Waals surface area contributed by atoms with E-state index in [1.807, 2.05) is 66.7 Å². The average molecular weight is 645 g/mol. The molecule has 1 aliphatic heterocycles. The molecule has 1 aliphatic rings. The molecule has 0 atom stereocenters. The summed E-state index contributed by atoms with van der Waals surface area (Å²) in [4.78, 5) is 9.22. The van der Waals surface area contributed by atoms with Crippen molar-refractivity contribution in [1.29, 1.82) is 5.26 Å². The summed E-state index contributed by atoms with van der Waals surface area (Å²) in [6, 6.07) is 27.7. The maximum absolute atomic E-state index is 9.22. The molecule has 8 nitrogen and oxygen atoms in total. The molecule has 1 heterocycles. The number of nitrogens with zero attached hydrogens (tertiary/aromatic N) is 1. The number of amides is 1. The van der Waals surface area contributed by atoms with Gasteiger partial charge < -0.3 is 30.0 Å². The van der Waals surface area contributed by atoms with Gasteiger partial charge >= 0.3 is 0 Å². The van der Waals surface area contributed by atoms with Crippen LogP contribution in [-0.2, 0) is 24.6 Å². The maximum atomic E-state index is 9.22. The van der Waals surface area contributed by atoms with Gasteiger partial charge in [-0.3, -0.25) is 4.79 Å². The summed E-state index contributed by atoms with van der Waals surface area (Å²) in [5, 5.41) is 12.6. The smallest absolute Gasteiger partial charge is 0.214 e. The van der Waals surface area contributed by atoms with Gasteiger partial charge in [0, 0.05) is 35.1 Å². The molecule has 1 amide bonds. The molecule has 0 spiro atoms. The third kappa shape index (κ3) is 8.98. The molecule has 4 aromatic carbocycles. The number of carbonyl (C=O) groups excluding carboxylic acids is 1. The lowest BCUT2D eigenvalue weighted by molar-refractivity contribution is -0.115. The highest BCUT2D eigenvalue weighted by atomic mass is 79.9. The van der Waals surface area contributed by atoms with Crippen molar-refractivity contribution in [3.63, 3.8) is 0 Å². The summed E-state index contributed by atoms with van der Waals surface area (Å²) in [7, 11) is 0. The van der Waals surface area contributed by atoms with Crippen molar-refractivity contribution in [2.75, 3.05) is 19.8 Å². The molecular formula is C34H34BrN3O5. The van der Waals surface area contributed by atoms with Gasteiger partial charge in [-0.1, -0.05) is 49.4 Å². The normalized spacial score (nSPS) is 11.5. The Morgan fingerprint density at radius 2 is 1.72 bits per heavy atom. The Balaban J connectivity index is 0.000000996. The molecule has 9 heteroatoms. The number of hydrogen-bond acceptors (Lipinski definition) is 7. The third-order valence-corrected chi connectivity index (χ3v) is 7.32. The third-order valence-electron chi connectivity index (χ3n) is 6.38. The minimum Gasteiger partial charge on any atom is -0.489 e. The van der Waals surface area contributed by atoms with E-state index < -0.39 is 0 Å². The number of nitrogens with one attached hydrogen (secondary N) is 1. The van der Waals surface area contributed by atoms with Crippen LogP contribution in [0.2, 0.25) is 0 Å². The number of nitrogens with two attached hydrogens (primary N) is 1. The number of rotatable bonds is 10. The van der Waals surface area contributed by atoms with Gasteiger partial charge in [0.1, 0.15) is 37.9 Å². The Morgan fingerprint density at radius 1 is 0.953 bits per heavy atom. The second-order valence-electron chi connectivity index (χ2n) is 9.69. The van der Waals surface area contributed by atoms with Crippen LogP contribution in [0.5, 0.6) is 23.0 Å². The van der Waals surface area contributed by atoms with Crippen LogP contribution in [0.3, 0.4) is 0 Å². The highest BCUT2D eigenvalue weighted by Gasteiger charge is 2.15. The van der Waals surface area contributed by atoms with E-state index in [9.17, 15) is 10.1 Å². The number of hydrogen-bond donors (Lipinski definition) is 2. The second-order valence-corrected chi connectivity index (χ2v) is 10.5. The standard InChI is InChI=1S/C32H29BrN2O4.C2H5NO/c1-2-35-19-25-9-11-27(17-30(25)39-20-23-6-3-5-22(15-23)18-34)38-21-26-7-4-8-28(32(26)33)24-10-12-29-31(16-24)37-14-13-36-29;1-2(3)4/h3-12,15-17,35H,2,13-14,19-21H2,1H3;1H3,(H2,3,4). The zero-order chi connectivity index (χ0) is 30.6. The first-order valence-electron chi connectivity index (χ1n) is 13.9. The monoisotopic (exact) mass is 643 g/mol. The molecule has 4 aromatic rings. The molecular weight excluding hydrogens is 610 g/mol. The van der Waals surface area contributed by atoms with Gasteiger partial charge in [0.05, 0.1) is 11.6 Å². The lowest BCUT2D eigenvalue weighted by Gasteiger charge is -2.19. The topological polar surface area (TPSA) is 116 Å². The van der Waals surface area contributed by atoms with Crippen LogP contribution >= 0.6 is 15.9 Å². The summed E-state index contributed by atoms with van der Waals surface area (Å²) in [6.07, 6.45) is 0. The number of primary amides is 1. The molecule has 0 aromatic heterocycles. The van der Waals surface area contributed by atoms with Gasteiger partial charge in [-0.05, 0) is 69.5 Å². The van der Waals surface area contributed by atoms with Crippen LogP contribution in [0, 0.1) is 11.3 Å². The van der Waals surface area contributed by atoms with Crippen molar-refractivity contribution in [2.45, 2.75) is 33.6 Å². The van der Waals surface area contributed by atoms with Crippen LogP contribution in [-0.4, -0.2) is 25.7 Å². The van der Waals surface area contributed by atoms with E-state index in [1.165, 1.54) is 6.92 Å². The predicted molar refractivity (Wildman–Crippen MR) is 169 cm³/mol. The van der Waals surface area contributed by atoms with E-state index in [0.29, 0.717) is 44.3 Å². The summed E-state index contributed by atoms with van der Waals surface area (Å²) in [5.74, 6) is 2.67. The minimum atomic E-state index is -0.333. The molecule has 0 unspecified atom stereocenters. The van der Waals surface area contributed by atoms with Crippen molar-refractivity contribution in [2.24, 2.45) is 5.73 Å². The Labute approximate surface area is 260 Å². The molecule has 222 valence electrons. The molecule has 0 aliphatic carbocycles. The first kappa shape index (κ1) is 31.4. The highest BCUT2D eigenvalue weighted by molar-refractivity contribution is 9.10. The summed E-state index contributed by atoms with van der Waals surface area (Å²) in [5.41, 5.74) is 10.2. The van der Waals surface area contributed by atoms with Crippen molar-refractivity contribution < 1.29 is 23.7 Å². The quantitative estimate of drug-likeness (QED) is 0.202. The summed E-state index contributed by atoms with van der Waals surface area (Å²) >= 11 is 3.80. The number of halogens is 1. The fourth-order valence-electron chi connectivity index (χ4n) is 4.34. The largest absolute Gasteiger partial charge is 0.489 e. The lowest BCUT2D eigenvalue weighted by Crippen LogP contribution is -2.15. The Bertz CT molecular complexity index is 1600. The van der Waals surface area contributed by atoms with Crippen LogP contribution in [0.1, 0.15) is 36.1 Å². The van der Waals surface area contributed by atoms with Gasteiger partial charge in [-0.2, -0.15) is 5.26 Å². The number of carbonyl (C=O) groups is 1. The molecule has 5 rings (SSSR count). The average Bonchev–Trinajstić information content (AvgIpc) is 3.02. The van der Waals surface area contributed by atoms with Crippen LogP contribution in [0.15, 0.2) is 83.3 Å². The van der Waals surface area contributed by atoms with E-state index in [2.05, 4.69) is 46.0 Å². The van der Waals surface area contributed by atoms with Crippen molar-refractivity contribution in [1.82, 2.24) is 5.32 Å². The van der Waals surface area contributed by atoms with Gasteiger partial charge in [0.25, 0.3) is 0 Å². The molecule has 0 saturated carbocycles. The van der Waals surface area contributed by atoms with E-state index in [1.54, 1.807) is 6.07 Å². The van der Waals surface area contributed by atoms with Crippen LogP contribution in [0.25, 0.3) is 11.1 Å². The van der Waals surface area contributed by atoms with E-state index in [-0.39, 0.29) is 5.91 Å². The number of fused-ring (bicyclic) bond motifs is 1. The van der Waals surface area contributed by atoms with Gasteiger partial charge in [-0.25, -0.2) is 0 Å². The van der Waals surface area contributed by atoms with Crippen molar-refractivity contribution in [3.8, 4) is 40.2 Å². The van der Waals surface area contributed by atoms with E-state index in [4.69, 9.17) is 18.9 Å². The van der Waals surface area contributed by atoms with Crippen molar-refractivity contribution >= 4 is 21.8 Å². The number of benzene rings is 4. The zero-order valence-corrected chi connectivity index (χ0v) is 25.8. The summed E-state index contributed by atoms with van der Waals surface area (Å²) in [6.45, 7) is 6.79. The lowest BCUT2D eigenvalue weighted by atomic mass is 10.0. The first-order chi connectivity index (χ1) is 20.9. The van der Waals surface area contributed by atoms with E-state index >= 15 is 0 Å². The SMILES string of the molecule is CC(N)=O.CCNCc1ccc(OCc2cccc(-c3ccc4c(c3)OCCO4)c2Br)cc1OCc1cccc(C#N)c1. The number of nitriles is 1. The Morgan fingerprint density at radius 3 is 2.49 bits per heavy atom. The van der Waals surface area contributed by atoms with E-state index in [0.717, 1.165) is 56.1 Å². The molecule has 43 heavy (non-hydrogen) atoms. The Hall–Kier alpha value is -4.52. The zero-order valence-electron chi connectivity index (χ0n) is 24.2. The maximum Gasteiger partial charge on any atom is 0.214 e. The Kier molecular flexibility index (Phi) is 11.4. The molecule has 0 bridgehead atoms. The first-order valence-corrected chi connectivity index (χ1v) is 14.7. The fraction of sp³-hybridized carbons (Fsp3) is 0.235. The second kappa shape index (κ2) is 15.6.